The summed E-state index contributed by atoms with van der Waals surface area (Å²) in [5.41, 5.74) is 3.90. The van der Waals surface area contributed by atoms with E-state index in [0.717, 1.165) is 19.6 Å². The minimum Gasteiger partial charge on any atom is -0.385 e. The first-order chi connectivity index (χ1) is 8.19. The molecule has 2 nitrogen and oxygen atoms in total. The SMILES string of the molecule is C/C=C\N(CCCOC)c1cc(C)ccc1C. The molecule has 17 heavy (non-hydrogen) atoms. The Morgan fingerprint density at radius 2 is 2.06 bits per heavy atom. The topological polar surface area (TPSA) is 12.5 Å². The van der Waals surface area contributed by atoms with Crippen molar-refractivity contribution in [3.05, 3.63) is 41.6 Å². The number of allylic oxidation sites excluding steroid dienone is 1. The predicted octanol–water partition coefficient (Wildman–Crippen LogP) is 3.68. The van der Waals surface area contributed by atoms with Gasteiger partial charge < -0.3 is 9.64 Å². The Kier molecular flexibility index (Phi) is 5.78. The first kappa shape index (κ1) is 13.8. The lowest BCUT2D eigenvalue weighted by Crippen LogP contribution is -2.19. The lowest BCUT2D eigenvalue weighted by molar-refractivity contribution is 0.196. The molecule has 0 aromatic heterocycles. The van der Waals surface area contributed by atoms with E-state index in [1.54, 1.807) is 7.11 Å². The molecular weight excluding hydrogens is 210 g/mol. The maximum absolute atomic E-state index is 5.11. The summed E-state index contributed by atoms with van der Waals surface area (Å²) in [6.45, 7) is 8.13. The molecule has 0 amide bonds. The fourth-order valence-electron chi connectivity index (χ4n) is 1.86. The summed E-state index contributed by atoms with van der Waals surface area (Å²) in [5, 5.41) is 0. The Morgan fingerprint density at radius 1 is 1.29 bits per heavy atom. The highest BCUT2D eigenvalue weighted by atomic mass is 16.5. The normalized spacial score (nSPS) is 11.1. The maximum Gasteiger partial charge on any atom is 0.0479 e. The molecule has 0 spiro atoms. The number of benzene rings is 1. The maximum atomic E-state index is 5.11. The second-order valence-electron chi connectivity index (χ2n) is 4.31. The first-order valence-electron chi connectivity index (χ1n) is 6.14. The van der Waals surface area contributed by atoms with Gasteiger partial charge in [-0.1, -0.05) is 18.2 Å². The molecule has 1 aromatic rings. The molecule has 1 rings (SSSR count). The summed E-state index contributed by atoms with van der Waals surface area (Å²) in [6.07, 6.45) is 5.25. The average molecular weight is 233 g/mol. The van der Waals surface area contributed by atoms with Crippen LogP contribution in [-0.2, 0) is 4.74 Å². The summed E-state index contributed by atoms with van der Waals surface area (Å²) >= 11 is 0. The van der Waals surface area contributed by atoms with Crippen LogP contribution in [-0.4, -0.2) is 20.3 Å². The summed E-state index contributed by atoms with van der Waals surface area (Å²) < 4.78 is 5.11. The summed E-state index contributed by atoms with van der Waals surface area (Å²) in [6, 6.07) is 6.57. The second kappa shape index (κ2) is 7.13. The zero-order chi connectivity index (χ0) is 12.7. The summed E-state index contributed by atoms with van der Waals surface area (Å²) in [4.78, 5) is 2.29. The number of hydrogen-bond acceptors (Lipinski definition) is 2. The van der Waals surface area contributed by atoms with Gasteiger partial charge in [0.15, 0.2) is 0 Å². The van der Waals surface area contributed by atoms with Crippen LogP contribution in [0.1, 0.15) is 24.5 Å². The zero-order valence-corrected chi connectivity index (χ0v) is 11.4. The Balaban J connectivity index is 2.84. The molecule has 0 radical (unpaired) electrons. The number of rotatable bonds is 6. The highest BCUT2D eigenvalue weighted by Gasteiger charge is 2.06. The van der Waals surface area contributed by atoms with E-state index in [-0.39, 0.29) is 0 Å². The fraction of sp³-hybridized carbons (Fsp3) is 0.467. The smallest absolute Gasteiger partial charge is 0.0479 e. The molecule has 2 heteroatoms. The van der Waals surface area contributed by atoms with Crippen molar-refractivity contribution < 1.29 is 4.74 Å². The number of aryl methyl sites for hydroxylation is 2. The molecule has 1 aromatic carbocycles. The van der Waals surface area contributed by atoms with Gasteiger partial charge in [-0.15, -0.1) is 0 Å². The van der Waals surface area contributed by atoms with E-state index in [2.05, 4.69) is 56.1 Å². The van der Waals surface area contributed by atoms with Gasteiger partial charge >= 0.3 is 0 Å². The van der Waals surface area contributed by atoms with Gasteiger partial charge in [-0.3, -0.25) is 0 Å². The minimum atomic E-state index is 0.804. The van der Waals surface area contributed by atoms with E-state index in [1.807, 2.05) is 0 Å². The van der Waals surface area contributed by atoms with E-state index in [4.69, 9.17) is 4.74 Å². The number of ether oxygens (including phenoxy) is 1. The second-order valence-corrected chi connectivity index (χ2v) is 4.31. The van der Waals surface area contributed by atoms with Crippen molar-refractivity contribution >= 4 is 5.69 Å². The van der Waals surface area contributed by atoms with Crippen molar-refractivity contribution in [2.24, 2.45) is 0 Å². The Morgan fingerprint density at radius 3 is 2.71 bits per heavy atom. The third kappa shape index (κ3) is 4.23. The first-order valence-corrected chi connectivity index (χ1v) is 6.14. The molecule has 94 valence electrons. The van der Waals surface area contributed by atoms with Crippen LogP contribution in [0.15, 0.2) is 30.5 Å². The number of methoxy groups -OCH3 is 1. The molecule has 0 aliphatic heterocycles. The van der Waals surface area contributed by atoms with Crippen LogP contribution >= 0.6 is 0 Å². The number of hydrogen-bond donors (Lipinski definition) is 0. The molecule has 0 heterocycles. The van der Waals surface area contributed by atoms with Crippen LogP contribution in [0.3, 0.4) is 0 Å². The molecule has 0 atom stereocenters. The predicted molar refractivity (Wildman–Crippen MR) is 74.6 cm³/mol. The van der Waals surface area contributed by atoms with E-state index >= 15 is 0 Å². The van der Waals surface area contributed by atoms with E-state index in [9.17, 15) is 0 Å². The highest BCUT2D eigenvalue weighted by molar-refractivity contribution is 5.56. The van der Waals surface area contributed by atoms with Crippen LogP contribution in [0.25, 0.3) is 0 Å². The molecule has 0 unspecified atom stereocenters. The molecule has 0 bridgehead atoms. The average Bonchev–Trinajstić information content (AvgIpc) is 2.32. The van der Waals surface area contributed by atoms with E-state index < -0.39 is 0 Å². The van der Waals surface area contributed by atoms with Gasteiger partial charge in [0.25, 0.3) is 0 Å². The molecular formula is C15H23NO. The Bertz CT molecular complexity index is 371. The van der Waals surface area contributed by atoms with E-state index in [1.165, 1.54) is 16.8 Å². The van der Waals surface area contributed by atoms with Gasteiger partial charge in [0.1, 0.15) is 0 Å². The van der Waals surface area contributed by atoms with Crippen LogP contribution in [0.4, 0.5) is 5.69 Å². The monoisotopic (exact) mass is 233 g/mol. The lowest BCUT2D eigenvalue weighted by atomic mass is 10.1. The van der Waals surface area contributed by atoms with Crippen molar-refractivity contribution in [3.8, 4) is 0 Å². The fourth-order valence-corrected chi connectivity index (χ4v) is 1.86. The van der Waals surface area contributed by atoms with Crippen LogP contribution in [0.5, 0.6) is 0 Å². The van der Waals surface area contributed by atoms with Crippen LogP contribution in [0, 0.1) is 13.8 Å². The van der Waals surface area contributed by atoms with Crippen molar-refractivity contribution in [1.82, 2.24) is 0 Å². The lowest BCUT2D eigenvalue weighted by Gasteiger charge is -2.23. The minimum absolute atomic E-state index is 0.804. The molecule has 0 aliphatic carbocycles. The molecule has 0 aliphatic rings. The molecule has 0 saturated heterocycles. The summed E-state index contributed by atoms with van der Waals surface area (Å²) in [7, 11) is 1.75. The van der Waals surface area contributed by atoms with Crippen LogP contribution < -0.4 is 4.90 Å². The largest absolute Gasteiger partial charge is 0.385 e. The van der Waals surface area contributed by atoms with Gasteiger partial charge in [0.05, 0.1) is 0 Å². The van der Waals surface area contributed by atoms with Crippen molar-refractivity contribution in [1.29, 1.82) is 0 Å². The standard InChI is InChI=1S/C15H23NO/c1-5-9-16(10-6-11-17-4)15-12-13(2)7-8-14(15)3/h5,7-9,12H,6,10-11H2,1-4H3/b9-5-. The van der Waals surface area contributed by atoms with Crippen LogP contribution in [0.2, 0.25) is 0 Å². The molecule has 0 N–H and O–H groups in total. The molecule has 0 saturated carbocycles. The Labute approximate surface area is 105 Å². The van der Waals surface area contributed by atoms with Crippen molar-refractivity contribution in [2.75, 3.05) is 25.2 Å². The third-order valence-corrected chi connectivity index (χ3v) is 2.75. The number of anilines is 1. The van der Waals surface area contributed by atoms with Gasteiger partial charge in [0, 0.05) is 25.9 Å². The Hall–Kier alpha value is -1.28. The van der Waals surface area contributed by atoms with Gasteiger partial charge in [-0.05, 0) is 50.6 Å². The summed E-state index contributed by atoms with van der Waals surface area (Å²) in [5.74, 6) is 0. The van der Waals surface area contributed by atoms with Gasteiger partial charge in [-0.2, -0.15) is 0 Å². The number of nitrogens with zero attached hydrogens (tertiary/aromatic N) is 1. The highest BCUT2D eigenvalue weighted by Crippen LogP contribution is 2.22. The third-order valence-electron chi connectivity index (χ3n) is 2.75. The van der Waals surface area contributed by atoms with Gasteiger partial charge in [0.2, 0.25) is 0 Å². The molecule has 0 fully saturated rings. The quantitative estimate of drug-likeness (QED) is 0.695. The van der Waals surface area contributed by atoms with E-state index in [0.29, 0.717) is 0 Å². The van der Waals surface area contributed by atoms with Crippen molar-refractivity contribution in [2.45, 2.75) is 27.2 Å². The van der Waals surface area contributed by atoms with Crippen molar-refractivity contribution in [3.63, 3.8) is 0 Å². The van der Waals surface area contributed by atoms with Gasteiger partial charge in [-0.25, -0.2) is 0 Å². The zero-order valence-electron chi connectivity index (χ0n) is 11.4.